The van der Waals surface area contributed by atoms with Gasteiger partial charge >= 0.3 is 0 Å². The molecule has 2 aromatic rings. The van der Waals surface area contributed by atoms with E-state index in [9.17, 15) is 13.2 Å². The Bertz CT molecular complexity index is 944. The lowest BCUT2D eigenvalue weighted by atomic mass is 10.1. The Kier molecular flexibility index (Phi) is 7.49. The van der Waals surface area contributed by atoms with Crippen molar-refractivity contribution in [2.75, 3.05) is 17.1 Å². The summed E-state index contributed by atoms with van der Waals surface area (Å²) >= 11 is 6.14. The maximum absolute atomic E-state index is 12.6. The Morgan fingerprint density at radius 2 is 1.86 bits per heavy atom. The zero-order chi connectivity index (χ0) is 20.9. The third-order valence-corrected chi connectivity index (χ3v) is 6.17. The summed E-state index contributed by atoms with van der Waals surface area (Å²) in [6.07, 6.45) is 2.57. The fourth-order valence-electron chi connectivity index (χ4n) is 3.08. The van der Waals surface area contributed by atoms with E-state index in [1.165, 1.54) is 4.31 Å². The molecule has 1 atom stereocenters. The zero-order valence-electron chi connectivity index (χ0n) is 16.7. The summed E-state index contributed by atoms with van der Waals surface area (Å²) in [7, 11) is -3.63. The van der Waals surface area contributed by atoms with E-state index < -0.39 is 16.1 Å². The minimum atomic E-state index is -3.63. The smallest absolute Gasteiger partial charge is 0.243 e. The normalized spacial score (nSPS) is 12.5. The van der Waals surface area contributed by atoms with Crippen molar-refractivity contribution in [3.63, 3.8) is 0 Å². The topological polar surface area (TPSA) is 66.5 Å². The first-order chi connectivity index (χ1) is 13.1. The summed E-state index contributed by atoms with van der Waals surface area (Å²) in [5, 5.41) is 3.55. The number of sulfonamides is 1. The number of amides is 1. The number of anilines is 1. The Morgan fingerprint density at radius 3 is 2.50 bits per heavy atom. The molecule has 0 aliphatic carbocycles. The molecule has 2 aromatic carbocycles. The van der Waals surface area contributed by atoms with Crippen LogP contribution in [0.3, 0.4) is 0 Å². The van der Waals surface area contributed by atoms with Crippen molar-refractivity contribution in [1.29, 1.82) is 0 Å². The molecule has 28 heavy (non-hydrogen) atoms. The molecule has 1 N–H and O–H groups in total. The molecule has 0 saturated heterocycles. The number of carbonyl (C=O) groups excluding carboxylic acids is 1. The maximum Gasteiger partial charge on any atom is 0.243 e. The summed E-state index contributed by atoms with van der Waals surface area (Å²) in [6, 6.07) is 12.3. The average molecular weight is 423 g/mol. The predicted molar refractivity (Wildman–Crippen MR) is 115 cm³/mol. The zero-order valence-corrected chi connectivity index (χ0v) is 18.3. The van der Waals surface area contributed by atoms with Crippen LogP contribution in [0.4, 0.5) is 5.69 Å². The van der Waals surface area contributed by atoms with Gasteiger partial charge < -0.3 is 5.32 Å². The SMILES string of the molecule is Cc1ccc(C)c(N([C@H](C)C(=O)NCCCc2ccccc2Cl)S(C)(=O)=O)c1. The molecule has 0 unspecified atom stereocenters. The van der Waals surface area contributed by atoms with Crippen LogP contribution in [-0.2, 0) is 21.2 Å². The van der Waals surface area contributed by atoms with Gasteiger partial charge in [0, 0.05) is 11.6 Å². The summed E-state index contributed by atoms with van der Waals surface area (Å²) in [5.74, 6) is -0.328. The van der Waals surface area contributed by atoms with Crippen molar-refractivity contribution in [3.05, 3.63) is 64.2 Å². The van der Waals surface area contributed by atoms with Crippen LogP contribution >= 0.6 is 11.6 Å². The van der Waals surface area contributed by atoms with Gasteiger partial charge in [-0.2, -0.15) is 0 Å². The summed E-state index contributed by atoms with van der Waals surface area (Å²) < 4.78 is 26.0. The summed E-state index contributed by atoms with van der Waals surface area (Å²) in [6.45, 7) is 5.77. The third-order valence-electron chi connectivity index (χ3n) is 4.57. The van der Waals surface area contributed by atoms with Crippen LogP contribution in [0.5, 0.6) is 0 Å². The number of nitrogens with zero attached hydrogens (tertiary/aromatic N) is 1. The second kappa shape index (κ2) is 9.43. The second-order valence-electron chi connectivity index (χ2n) is 7.01. The Labute approximate surface area is 172 Å². The monoisotopic (exact) mass is 422 g/mol. The fourth-order valence-corrected chi connectivity index (χ4v) is 4.53. The molecular weight excluding hydrogens is 396 g/mol. The van der Waals surface area contributed by atoms with Gasteiger partial charge in [0.05, 0.1) is 11.9 Å². The maximum atomic E-state index is 12.6. The molecule has 0 spiro atoms. The molecule has 0 radical (unpaired) electrons. The average Bonchev–Trinajstić information content (AvgIpc) is 2.61. The standard InChI is InChI=1S/C21H27ClN2O3S/c1-15-11-12-16(2)20(14-15)24(28(4,26)27)17(3)21(25)23-13-7-9-18-8-5-6-10-19(18)22/h5-6,8,10-12,14,17H,7,9,13H2,1-4H3,(H,23,25)/t17-/m1/s1. The van der Waals surface area contributed by atoms with Crippen molar-refractivity contribution in [2.45, 2.75) is 39.7 Å². The largest absolute Gasteiger partial charge is 0.354 e. The molecule has 0 saturated carbocycles. The quantitative estimate of drug-likeness (QED) is 0.657. The van der Waals surface area contributed by atoms with E-state index in [1.807, 2.05) is 50.2 Å². The van der Waals surface area contributed by atoms with Crippen LogP contribution in [0.25, 0.3) is 0 Å². The van der Waals surface area contributed by atoms with Gasteiger partial charge in [-0.05, 0) is 62.4 Å². The molecule has 5 nitrogen and oxygen atoms in total. The minimum Gasteiger partial charge on any atom is -0.354 e. The van der Waals surface area contributed by atoms with Crippen molar-refractivity contribution in [3.8, 4) is 0 Å². The minimum absolute atomic E-state index is 0.328. The molecule has 0 fully saturated rings. The lowest BCUT2D eigenvalue weighted by molar-refractivity contribution is -0.121. The van der Waals surface area contributed by atoms with Gasteiger partial charge in [-0.1, -0.05) is 41.9 Å². The number of hydrogen-bond donors (Lipinski definition) is 1. The number of halogens is 1. The lowest BCUT2D eigenvalue weighted by Crippen LogP contribution is -2.48. The second-order valence-corrected chi connectivity index (χ2v) is 9.28. The molecule has 0 aliphatic heterocycles. The molecule has 2 rings (SSSR count). The van der Waals surface area contributed by atoms with Crippen LogP contribution in [0.2, 0.25) is 5.02 Å². The number of rotatable bonds is 8. The van der Waals surface area contributed by atoms with E-state index in [1.54, 1.807) is 13.0 Å². The van der Waals surface area contributed by atoms with E-state index in [-0.39, 0.29) is 5.91 Å². The molecule has 0 bridgehead atoms. The number of carbonyl (C=O) groups is 1. The highest BCUT2D eigenvalue weighted by molar-refractivity contribution is 7.92. The van der Waals surface area contributed by atoms with E-state index in [2.05, 4.69) is 5.32 Å². The van der Waals surface area contributed by atoms with Crippen molar-refractivity contribution in [1.82, 2.24) is 5.32 Å². The van der Waals surface area contributed by atoms with Crippen molar-refractivity contribution < 1.29 is 13.2 Å². The molecule has 0 aliphatic rings. The lowest BCUT2D eigenvalue weighted by Gasteiger charge is -2.29. The summed E-state index contributed by atoms with van der Waals surface area (Å²) in [4.78, 5) is 12.6. The van der Waals surface area contributed by atoms with E-state index in [4.69, 9.17) is 11.6 Å². The first-order valence-corrected chi connectivity index (χ1v) is 11.4. The first kappa shape index (κ1) is 22.2. The van der Waals surface area contributed by atoms with Crippen molar-refractivity contribution in [2.24, 2.45) is 0 Å². The van der Waals surface area contributed by atoms with Crippen molar-refractivity contribution >= 4 is 33.2 Å². The van der Waals surface area contributed by atoms with E-state index in [0.717, 1.165) is 29.4 Å². The Balaban J connectivity index is 2.06. The molecule has 1 amide bonds. The van der Waals surface area contributed by atoms with Crippen LogP contribution in [-0.4, -0.2) is 33.2 Å². The van der Waals surface area contributed by atoms with Gasteiger partial charge in [-0.3, -0.25) is 9.10 Å². The molecular formula is C21H27ClN2O3S. The number of aryl methyl sites for hydroxylation is 3. The highest BCUT2D eigenvalue weighted by Gasteiger charge is 2.30. The van der Waals surface area contributed by atoms with E-state index >= 15 is 0 Å². The van der Waals surface area contributed by atoms with Gasteiger partial charge in [0.25, 0.3) is 0 Å². The number of hydrogen-bond acceptors (Lipinski definition) is 3. The highest BCUT2D eigenvalue weighted by atomic mass is 35.5. The number of nitrogens with one attached hydrogen (secondary N) is 1. The first-order valence-electron chi connectivity index (χ1n) is 9.19. The van der Waals surface area contributed by atoms with Gasteiger partial charge in [-0.25, -0.2) is 8.42 Å². The Morgan fingerprint density at radius 1 is 1.18 bits per heavy atom. The molecule has 7 heteroatoms. The summed E-state index contributed by atoms with van der Waals surface area (Å²) in [5.41, 5.74) is 3.29. The molecule has 0 heterocycles. The van der Waals surface area contributed by atoms with Gasteiger partial charge in [0.15, 0.2) is 0 Å². The van der Waals surface area contributed by atoms with Crippen LogP contribution < -0.4 is 9.62 Å². The predicted octanol–water partition coefficient (Wildman–Crippen LogP) is 3.86. The third kappa shape index (κ3) is 5.72. The molecule has 152 valence electrons. The van der Waals surface area contributed by atoms with Crippen LogP contribution in [0.15, 0.2) is 42.5 Å². The fraction of sp³-hybridized carbons (Fsp3) is 0.381. The molecule has 0 aromatic heterocycles. The Hall–Kier alpha value is -2.05. The van der Waals surface area contributed by atoms with Gasteiger partial charge in [-0.15, -0.1) is 0 Å². The number of benzene rings is 2. The van der Waals surface area contributed by atoms with Crippen LogP contribution in [0.1, 0.15) is 30.0 Å². The van der Waals surface area contributed by atoms with Crippen LogP contribution in [0, 0.1) is 13.8 Å². The van der Waals surface area contributed by atoms with E-state index in [0.29, 0.717) is 23.7 Å². The van der Waals surface area contributed by atoms with Gasteiger partial charge in [0.2, 0.25) is 15.9 Å². The highest BCUT2D eigenvalue weighted by Crippen LogP contribution is 2.26. The van der Waals surface area contributed by atoms with Gasteiger partial charge in [0.1, 0.15) is 6.04 Å².